The highest BCUT2D eigenvalue weighted by atomic mass is 35.5. The Balaban J connectivity index is 1.65. The number of hydrogen-bond donors (Lipinski definition) is 1. The monoisotopic (exact) mass is 336 g/mol. The highest BCUT2D eigenvalue weighted by Gasteiger charge is 2.14. The zero-order valence-corrected chi connectivity index (χ0v) is 14.7. The standard InChI is InChI=1S/C18H25ClN2O2/c1-13-5-3-6-16(11-13)20-21-18(22)7-4-10-23-17-9-8-15(19)12-14(17)2/h8-9,12-13H,3-7,10-11H2,1-2H3,(H,21,22)/b20-16+. The average molecular weight is 337 g/mol. The first-order chi connectivity index (χ1) is 11.0. The van der Waals surface area contributed by atoms with Gasteiger partial charge in [0.1, 0.15) is 5.75 Å². The minimum atomic E-state index is -0.0489. The van der Waals surface area contributed by atoms with E-state index in [1.54, 1.807) is 6.07 Å². The van der Waals surface area contributed by atoms with Crippen molar-refractivity contribution in [2.75, 3.05) is 6.61 Å². The molecule has 1 aliphatic carbocycles. The van der Waals surface area contributed by atoms with Crippen molar-refractivity contribution in [2.45, 2.75) is 52.4 Å². The van der Waals surface area contributed by atoms with E-state index in [9.17, 15) is 4.79 Å². The van der Waals surface area contributed by atoms with Crippen LogP contribution in [0, 0.1) is 12.8 Å². The minimum absolute atomic E-state index is 0.0489. The maximum absolute atomic E-state index is 11.8. The van der Waals surface area contributed by atoms with E-state index >= 15 is 0 Å². The van der Waals surface area contributed by atoms with Crippen LogP contribution >= 0.6 is 11.6 Å². The first kappa shape index (κ1) is 17.8. The average Bonchev–Trinajstić information content (AvgIpc) is 2.51. The van der Waals surface area contributed by atoms with Gasteiger partial charge in [-0.15, -0.1) is 0 Å². The van der Waals surface area contributed by atoms with Crippen LogP contribution in [0.25, 0.3) is 0 Å². The highest BCUT2D eigenvalue weighted by Crippen LogP contribution is 2.22. The molecule has 2 rings (SSSR count). The smallest absolute Gasteiger partial charge is 0.240 e. The molecule has 0 bridgehead atoms. The van der Waals surface area contributed by atoms with E-state index in [-0.39, 0.29) is 5.91 Å². The zero-order chi connectivity index (χ0) is 16.7. The second kappa shape index (κ2) is 8.92. The Labute approximate surface area is 143 Å². The number of benzene rings is 1. The van der Waals surface area contributed by atoms with Gasteiger partial charge in [-0.1, -0.05) is 18.5 Å². The van der Waals surface area contributed by atoms with E-state index in [2.05, 4.69) is 17.5 Å². The molecule has 1 aromatic carbocycles. The summed E-state index contributed by atoms with van der Waals surface area (Å²) in [6.45, 7) is 4.69. The summed E-state index contributed by atoms with van der Waals surface area (Å²) in [6.07, 6.45) is 5.51. The molecule has 1 N–H and O–H groups in total. The summed E-state index contributed by atoms with van der Waals surface area (Å²) in [5, 5.41) is 4.96. The molecule has 1 fully saturated rings. The van der Waals surface area contributed by atoms with E-state index in [0.29, 0.717) is 30.4 Å². The summed E-state index contributed by atoms with van der Waals surface area (Å²) in [4.78, 5) is 11.8. The third-order valence-corrected chi connectivity index (χ3v) is 4.26. The van der Waals surface area contributed by atoms with Crippen LogP contribution in [0.15, 0.2) is 23.3 Å². The molecule has 1 amide bonds. The van der Waals surface area contributed by atoms with E-state index in [0.717, 1.165) is 29.9 Å². The van der Waals surface area contributed by atoms with Gasteiger partial charge in [0.15, 0.2) is 0 Å². The van der Waals surface area contributed by atoms with Gasteiger partial charge in [-0.3, -0.25) is 4.79 Å². The Morgan fingerprint density at radius 3 is 3.04 bits per heavy atom. The number of carbonyl (C=O) groups is 1. The Morgan fingerprint density at radius 2 is 2.30 bits per heavy atom. The molecular weight excluding hydrogens is 312 g/mol. The number of halogens is 1. The van der Waals surface area contributed by atoms with Crippen LogP contribution in [-0.2, 0) is 4.79 Å². The Kier molecular flexibility index (Phi) is 6.90. The van der Waals surface area contributed by atoms with Crippen LogP contribution in [-0.4, -0.2) is 18.2 Å². The Hall–Kier alpha value is -1.55. The molecule has 1 aliphatic rings. The molecule has 4 nitrogen and oxygen atoms in total. The molecule has 1 unspecified atom stereocenters. The van der Waals surface area contributed by atoms with Crippen LogP contribution in [0.2, 0.25) is 5.02 Å². The first-order valence-corrected chi connectivity index (χ1v) is 8.65. The van der Waals surface area contributed by atoms with Crippen LogP contribution in [0.1, 0.15) is 51.0 Å². The molecule has 1 saturated carbocycles. The number of ether oxygens (including phenoxy) is 1. The molecule has 126 valence electrons. The van der Waals surface area contributed by atoms with Gasteiger partial charge < -0.3 is 4.74 Å². The molecule has 0 aromatic heterocycles. The summed E-state index contributed by atoms with van der Waals surface area (Å²) in [6, 6.07) is 5.52. The van der Waals surface area contributed by atoms with Gasteiger partial charge in [0.25, 0.3) is 0 Å². The molecule has 1 atom stereocenters. The summed E-state index contributed by atoms with van der Waals surface area (Å²) in [5.74, 6) is 1.44. The highest BCUT2D eigenvalue weighted by molar-refractivity contribution is 6.30. The predicted octanol–water partition coefficient (Wildman–Crippen LogP) is 4.49. The van der Waals surface area contributed by atoms with Crippen molar-refractivity contribution in [3.8, 4) is 5.75 Å². The molecule has 0 aliphatic heterocycles. The Morgan fingerprint density at radius 1 is 1.48 bits per heavy atom. The predicted molar refractivity (Wildman–Crippen MR) is 94.1 cm³/mol. The Bertz CT molecular complexity index is 572. The zero-order valence-electron chi connectivity index (χ0n) is 13.9. The van der Waals surface area contributed by atoms with Crippen molar-refractivity contribution in [2.24, 2.45) is 11.0 Å². The second-order valence-electron chi connectivity index (χ2n) is 6.28. The summed E-state index contributed by atoms with van der Waals surface area (Å²) < 4.78 is 5.68. The number of amides is 1. The molecular formula is C18H25ClN2O2. The molecule has 23 heavy (non-hydrogen) atoms. The number of nitrogens with one attached hydrogen (secondary N) is 1. The van der Waals surface area contributed by atoms with E-state index < -0.39 is 0 Å². The fourth-order valence-corrected chi connectivity index (χ4v) is 2.98. The largest absolute Gasteiger partial charge is 0.493 e. The maximum Gasteiger partial charge on any atom is 0.240 e. The fraction of sp³-hybridized carbons (Fsp3) is 0.556. The number of rotatable bonds is 6. The lowest BCUT2D eigenvalue weighted by atomic mass is 9.89. The molecule has 5 heteroatoms. The number of carbonyl (C=O) groups excluding carboxylic acids is 1. The lowest BCUT2D eigenvalue weighted by Crippen LogP contribution is -2.22. The summed E-state index contributed by atoms with van der Waals surface area (Å²) >= 11 is 5.91. The topological polar surface area (TPSA) is 50.7 Å². The molecule has 0 heterocycles. The van der Waals surface area contributed by atoms with E-state index in [1.165, 1.54) is 12.8 Å². The lowest BCUT2D eigenvalue weighted by Gasteiger charge is -2.18. The van der Waals surface area contributed by atoms with Crippen LogP contribution < -0.4 is 10.2 Å². The van der Waals surface area contributed by atoms with Gasteiger partial charge in [-0.2, -0.15) is 5.10 Å². The third-order valence-electron chi connectivity index (χ3n) is 4.03. The maximum atomic E-state index is 11.8. The van der Waals surface area contributed by atoms with Crippen molar-refractivity contribution in [3.63, 3.8) is 0 Å². The van der Waals surface area contributed by atoms with Crippen molar-refractivity contribution in [3.05, 3.63) is 28.8 Å². The first-order valence-electron chi connectivity index (χ1n) is 8.28. The van der Waals surface area contributed by atoms with Gasteiger partial charge in [-0.05, 0) is 68.7 Å². The number of hydrogen-bond acceptors (Lipinski definition) is 3. The minimum Gasteiger partial charge on any atom is -0.493 e. The van der Waals surface area contributed by atoms with Crippen LogP contribution in [0.5, 0.6) is 5.75 Å². The molecule has 0 saturated heterocycles. The summed E-state index contributed by atoms with van der Waals surface area (Å²) in [5.41, 5.74) is 4.78. The third kappa shape index (κ3) is 6.22. The van der Waals surface area contributed by atoms with Crippen LogP contribution in [0.4, 0.5) is 0 Å². The quantitative estimate of drug-likeness (QED) is 0.614. The van der Waals surface area contributed by atoms with Gasteiger partial charge in [-0.25, -0.2) is 5.43 Å². The van der Waals surface area contributed by atoms with Crippen LogP contribution in [0.3, 0.4) is 0 Å². The normalized spacial score (nSPS) is 19.6. The van der Waals surface area contributed by atoms with Gasteiger partial charge in [0, 0.05) is 17.2 Å². The number of aryl methyl sites for hydroxylation is 1. The van der Waals surface area contributed by atoms with E-state index in [1.807, 2.05) is 19.1 Å². The van der Waals surface area contributed by atoms with Crippen molar-refractivity contribution in [1.82, 2.24) is 5.43 Å². The number of hydrazone groups is 1. The lowest BCUT2D eigenvalue weighted by molar-refractivity contribution is -0.121. The van der Waals surface area contributed by atoms with Crippen molar-refractivity contribution < 1.29 is 9.53 Å². The summed E-state index contributed by atoms with van der Waals surface area (Å²) in [7, 11) is 0. The van der Waals surface area contributed by atoms with Gasteiger partial charge in [0.2, 0.25) is 5.91 Å². The van der Waals surface area contributed by atoms with Gasteiger partial charge in [0.05, 0.1) is 6.61 Å². The molecule has 0 spiro atoms. The fourth-order valence-electron chi connectivity index (χ4n) is 2.75. The molecule has 1 aromatic rings. The molecule has 0 radical (unpaired) electrons. The van der Waals surface area contributed by atoms with Crippen molar-refractivity contribution >= 4 is 23.2 Å². The second-order valence-corrected chi connectivity index (χ2v) is 6.71. The van der Waals surface area contributed by atoms with E-state index in [4.69, 9.17) is 16.3 Å². The van der Waals surface area contributed by atoms with Gasteiger partial charge >= 0.3 is 0 Å². The van der Waals surface area contributed by atoms with Crippen molar-refractivity contribution in [1.29, 1.82) is 0 Å². The SMILES string of the molecule is Cc1cc(Cl)ccc1OCCCC(=O)N/N=C1\CCCC(C)C1. The number of nitrogens with zero attached hydrogens (tertiary/aromatic N) is 1.